The molecular formula is C15H21N4O6. The van der Waals surface area contributed by atoms with Gasteiger partial charge in [0.05, 0.1) is 13.2 Å². The van der Waals surface area contributed by atoms with Crippen molar-refractivity contribution in [1.29, 1.82) is 0 Å². The van der Waals surface area contributed by atoms with Gasteiger partial charge in [0, 0.05) is 12.6 Å². The monoisotopic (exact) mass is 353 g/mol. The van der Waals surface area contributed by atoms with E-state index in [9.17, 15) is 19.7 Å². The van der Waals surface area contributed by atoms with E-state index in [1.54, 1.807) is 13.8 Å². The maximum absolute atomic E-state index is 12.1. The first-order valence-electron chi connectivity index (χ1n) is 7.75. The Morgan fingerprint density at radius 3 is 2.56 bits per heavy atom. The summed E-state index contributed by atoms with van der Waals surface area (Å²) >= 11 is 0. The van der Waals surface area contributed by atoms with Gasteiger partial charge >= 0.3 is 18.0 Å². The maximum atomic E-state index is 12.1. The quantitative estimate of drug-likeness (QED) is 0.562. The average molecular weight is 353 g/mol. The number of carbonyl (C=O) groups excluding carboxylic acids is 2. The summed E-state index contributed by atoms with van der Waals surface area (Å²) < 4.78 is 9.65. The number of nitro groups is 1. The van der Waals surface area contributed by atoms with Crippen LogP contribution in [0, 0.1) is 16.5 Å². The number of ether oxygens (including phenoxy) is 2. The lowest BCUT2D eigenvalue weighted by molar-refractivity contribution is -0.388. The molecule has 1 aromatic rings. The highest BCUT2D eigenvalue weighted by atomic mass is 16.6. The molecule has 0 aliphatic carbocycles. The third-order valence-electron chi connectivity index (χ3n) is 2.95. The zero-order valence-electron chi connectivity index (χ0n) is 14.4. The van der Waals surface area contributed by atoms with Crippen molar-refractivity contribution in [3.8, 4) is 0 Å². The topological polar surface area (TPSA) is 124 Å². The first kappa shape index (κ1) is 20.1. The van der Waals surface area contributed by atoms with Gasteiger partial charge in [0.2, 0.25) is 0 Å². The SMILES string of the molecule is C[CH]CCN(C(=O)OCC)c1ccc(NC(=O)OCC)c([N+](=O)[O-])n1. The summed E-state index contributed by atoms with van der Waals surface area (Å²) in [6.07, 6.45) is 0.911. The molecule has 0 unspecified atom stereocenters. The number of hydrogen-bond donors (Lipinski definition) is 1. The van der Waals surface area contributed by atoms with Crippen molar-refractivity contribution >= 4 is 29.5 Å². The lowest BCUT2D eigenvalue weighted by Gasteiger charge is -2.18. The molecule has 1 heterocycles. The molecule has 1 rings (SSSR count). The lowest BCUT2D eigenvalue weighted by atomic mass is 10.3. The number of nitrogens with zero attached hydrogens (tertiary/aromatic N) is 3. The number of unbranched alkanes of at least 4 members (excludes halogenated alkanes) is 1. The van der Waals surface area contributed by atoms with Crippen LogP contribution in [0.3, 0.4) is 0 Å². The fourth-order valence-electron chi connectivity index (χ4n) is 1.86. The molecule has 10 heteroatoms. The van der Waals surface area contributed by atoms with Gasteiger partial charge < -0.3 is 19.6 Å². The van der Waals surface area contributed by atoms with E-state index >= 15 is 0 Å². The largest absolute Gasteiger partial charge is 0.450 e. The Bertz CT molecular complexity index is 622. The van der Waals surface area contributed by atoms with E-state index in [0.29, 0.717) is 6.42 Å². The van der Waals surface area contributed by atoms with E-state index in [1.807, 2.05) is 13.3 Å². The first-order chi connectivity index (χ1) is 11.9. The van der Waals surface area contributed by atoms with Crippen LogP contribution in [-0.2, 0) is 9.47 Å². The summed E-state index contributed by atoms with van der Waals surface area (Å²) in [6, 6.07) is 2.68. The second-order valence-electron chi connectivity index (χ2n) is 4.69. The van der Waals surface area contributed by atoms with Crippen LogP contribution in [0.5, 0.6) is 0 Å². The first-order valence-corrected chi connectivity index (χ1v) is 7.75. The summed E-state index contributed by atoms with van der Waals surface area (Å²) in [5.74, 6) is -0.540. The van der Waals surface area contributed by atoms with Crippen molar-refractivity contribution in [2.45, 2.75) is 27.2 Å². The number of carbonyl (C=O) groups is 2. The molecule has 25 heavy (non-hydrogen) atoms. The molecule has 10 nitrogen and oxygen atoms in total. The van der Waals surface area contributed by atoms with Crippen LogP contribution >= 0.6 is 0 Å². The van der Waals surface area contributed by atoms with Crippen LogP contribution in [0.2, 0.25) is 0 Å². The van der Waals surface area contributed by atoms with Crippen molar-refractivity contribution in [2.75, 3.05) is 30.0 Å². The summed E-state index contributed by atoms with van der Waals surface area (Å²) in [4.78, 5) is 39.1. The molecule has 137 valence electrons. The Kier molecular flexibility index (Phi) is 8.10. The van der Waals surface area contributed by atoms with E-state index in [4.69, 9.17) is 9.47 Å². The van der Waals surface area contributed by atoms with Gasteiger partial charge in [-0.2, -0.15) is 0 Å². The molecule has 1 N–H and O–H groups in total. The number of pyridine rings is 1. The highest BCUT2D eigenvalue weighted by molar-refractivity contribution is 5.89. The lowest BCUT2D eigenvalue weighted by Crippen LogP contribution is -2.33. The van der Waals surface area contributed by atoms with Gasteiger partial charge in [-0.25, -0.2) is 14.5 Å². The number of aromatic nitrogens is 1. The third kappa shape index (κ3) is 5.90. The summed E-state index contributed by atoms with van der Waals surface area (Å²) in [5.41, 5.74) is -0.127. The number of amides is 2. The number of nitrogens with one attached hydrogen (secondary N) is 1. The molecule has 0 aliphatic heterocycles. The molecule has 0 saturated heterocycles. The van der Waals surface area contributed by atoms with E-state index in [0.717, 1.165) is 0 Å². The summed E-state index contributed by atoms with van der Waals surface area (Å²) in [6.45, 7) is 5.63. The molecule has 0 aromatic carbocycles. The van der Waals surface area contributed by atoms with Gasteiger partial charge in [-0.05, 0) is 42.7 Å². The van der Waals surface area contributed by atoms with Crippen molar-refractivity contribution < 1.29 is 24.0 Å². The minimum atomic E-state index is -0.831. The van der Waals surface area contributed by atoms with E-state index in [1.165, 1.54) is 17.0 Å². The predicted molar refractivity (Wildman–Crippen MR) is 90.5 cm³/mol. The second-order valence-corrected chi connectivity index (χ2v) is 4.69. The molecule has 2 amide bonds. The smallest absolute Gasteiger partial charge is 0.417 e. The van der Waals surface area contributed by atoms with Crippen molar-refractivity contribution in [3.05, 3.63) is 28.7 Å². The molecule has 0 aliphatic rings. The van der Waals surface area contributed by atoms with Crippen LogP contribution in [0.1, 0.15) is 27.2 Å². The van der Waals surface area contributed by atoms with Gasteiger partial charge in [-0.1, -0.05) is 6.92 Å². The molecule has 0 fully saturated rings. The van der Waals surface area contributed by atoms with Crippen LogP contribution in [-0.4, -0.2) is 41.9 Å². The zero-order valence-corrected chi connectivity index (χ0v) is 14.4. The van der Waals surface area contributed by atoms with Crippen LogP contribution in [0.15, 0.2) is 12.1 Å². The third-order valence-corrected chi connectivity index (χ3v) is 2.95. The molecule has 1 radical (unpaired) electrons. The number of rotatable bonds is 8. The zero-order chi connectivity index (χ0) is 18.8. The molecule has 0 spiro atoms. The van der Waals surface area contributed by atoms with Crippen molar-refractivity contribution in [3.63, 3.8) is 0 Å². The van der Waals surface area contributed by atoms with Gasteiger partial charge in [0.25, 0.3) is 5.82 Å². The van der Waals surface area contributed by atoms with E-state index < -0.39 is 22.9 Å². The normalized spacial score (nSPS) is 10.0. The van der Waals surface area contributed by atoms with Gasteiger partial charge in [0.15, 0.2) is 0 Å². The Morgan fingerprint density at radius 2 is 2.00 bits per heavy atom. The Balaban J connectivity index is 3.16. The minimum absolute atomic E-state index is 0.0569. The Labute approximate surface area is 145 Å². The van der Waals surface area contributed by atoms with Crippen LogP contribution < -0.4 is 10.2 Å². The Hall–Kier alpha value is -2.91. The second kappa shape index (κ2) is 10.1. The molecule has 0 atom stereocenters. The number of anilines is 2. The van der Waals surface area contributed by atoms with Crippen molar-refractivity contribution in [2.24, 2.45) is 0 Å². The fraction of sp³-hybridized carbons (Fsp3) is 0.467. The van der Waals surface area contributed by atoms with E-state index in [-0.39, 0.29) is 31.3 Å². The van der Waals surface area contributed by atoms with Gasteiger partial charge in [-0.15, -0.1) is 0 Å². The van der Waals surface area contributed by atoms with E-state index in [2.05, 4.69) is 10.3 Å². The van der Waals surface area contributed by atoms with Crippen LogP contribution in [0.25, 0.3) is 0 Å². The molecule has 0 bridgehead atoms. The minimum Gasteiger partial charge on any atom is -0.450 e. The average Bonchev–Trinajstić information content (AvgIpc) is 2.56. The highest BCUT2D eigenvalue weighted by Crippen LogP contribution is 2.26. The molecule has 0 saturated carbocycles. The summed E-state index contributed by atoms with van der Waals surface area (Å²) in [7, 11) is 0. The maximum Gasteiger partial charge on any atom is 0.417 e. The standard InChI is InChI=1S/C15H21N4O6/c1-4-7-10-18(15(21)25-6-3)12-9-8-11(13(17-12)19(22)23)16-14(20)24-5-2/h4,8-9H,5-7,10H2,1-3H3,(H,16,20). The Morgan fingerprint density at radius 1 is 1.32 bits per heavy atom. The van der Waals surface area contributed by atoms with Crippen molar-refractivity contribution in [1.82, 2.24) is 4.98 Å². The summed E-state index contributed by atoms with van der Waals surface area (Å²) in [5, 5.41) is 13.5. The highest BCUT2D eigenvalue weighted by Gasteiger charge is 2.26. The molecular weight excluding hydrogens is 332 g/mol. The molecule has 1 aromatic heterocycles. The number of hydrogen-bond acceptors (Lipinski definition) is 7. The fourth-order valence-corrected chi connectivity index (χ4v) is 1.86. The van der Waals surface area contributed by atoms with Gasteiger partial charge in [0.1, 0.15) is 5.69 Å². The predicted octanol–water partition coefficient (Wildman–Crippen LogP) is 3.14. The van der Waals surface area contributed by atoms with Gasteiger partial charge in [-0.3, -0.25) is 5.32 Å². The van der Waals surface area contributed by atoms with Crippen LogP contribution in [0.4, 0.5) is 26.9 Å².